The summed E-state index contributed by atoms with van der Waals surface area (Å²) in [6.07, 6.45) is 14.6. The summed E-state index contributed by atoms with van der Waals surface area (Å²) in [5.41, 5.74) is 0.484. The fourth-order valence-electron chi connectivity index (χ4n) is 5.93. The molecule has 164 valence electrons. The normalized spacial score (nSPS) is 28.4. The van der Waals surface area contributed by atoms with E-state index < -0.39 is 11.7 Å². The van der Waals surface area contributed by atoms with E-state index in [4.69, 9.17) is 0 Å². The molecule has 2 aliphatic carbocycles. The average Bonchev–Trinajstić information content (AvgIpc) is 2.72. The van der Waals surface area contributed by atoms with Crippen LogP contribution in [0.5, 0.6) is 0 Å². The zero-order valence-corrected chi connectivity index (χ0v) is 18.2. The minimum atomic E-state index is -4.23. The molecule has 0 aromatic heterocycles. The number of halogens is 3. The highest BCUT2D eigenvalue weighted by atomic mass is 19.4. The molecule has 0 spiro atoms. The summed E-state index contributed by atoms with van der Waals surface area (Å²) in [4.78, 5) is 0. The highest BCUT2D eigenvalue weighted by Gasteiger charge is 2.31. The number of hydrogen-bond donors (Lipinski definition) is 0. The Kier molecular flexibility index (Phi) is 8.50. The minimum absolute atomic E-state index is 0.545. The summed E-state index contributed by atoms with van der Waals surface area (Å²) in [6.45, 7) is 2.32. The number of benzene rings is 1. The topological polar surface area (TPSA) is 0 Å². The summed E-state index contributed by atoms with van der Waals surface area (Å²) >= 11 is 0. The van der Waals surface area contributed by atoms with Gasteiger partial charge in [-0.25, -0.2) is 0 Å². The number of unbranched alkanes of at least 4 members (excludes halogenated alkanes) is 1. The van der Waals surface area contributed by atoms with Crippen LogP contribution >= 0.6 is 0 Å². The fraction of sp³-hybridized carbons (Fsp3) is 0.769. The van der Waals surface area contributed by atoms with Crippen LogP contribution in [0.2, 0.25) is 0 Å². The van der Waals surface area contributed by atoms with Gasteiger partial charge in [0.2, 0.25) is 0 Å². The second kappa shape index (κ2) is 10.9. The Labute approximate surface area is 175 Å². The highest BCUT2D eigenvalue weighted by molar-refractivity contribution is 5.24. The van der Waals surface area contributed by atoms with Crippen LogP contribution in [-0.2, 0) is 12.6 Å². The van der Waals surface area contributed by atoms with E-state index in [9.17, 15) is 13.2 Å². The first-order valence-corrected chi connectivity index (χ1v) is 12.1. The minimum Gasteiger partial charge on any atom is -0.166 e. The van der Waals surface area contributed by atoms with Crippen molar-refractivity contribution in [3.05, 3.63) is 35.4 Å². The van der Waals surface area contributed by atoms with Crippen LogP contribution in [0.3, 0.4) is 0 Å². The van der Waals surface area contributed by atoms with Crippen molar-refractivity contribution in [3.63, 3.8) is 0 Å². The van der Waals surface area contributed by atoms with Crippen LogP contribution in [0, 0.1) is 23.7 Å². The van der Waals surface area contributed by atoms with E-state index in [0.717, 1.165) is 42.1 Å². The van der Waals surface area contributed by atoms with Crippen molar-refractivity contribution < 1.29 is 13.2 Å². The zero-order chi connectivity index (χ0) is 20.7. The van der Waals surface area contributed by atoms with Crippen molar-refractivity contribution in [1.29, 1.82) is 0 Å². The Hall–Kier alpha value is -0.990. The van der Waals surface area contributed by atoms with Gasteiger partial charge in [-0.15, -0.1) is 0 Å². The molecule has 2 saturated carbocycles. The van der Waals surface area contributed by atoms with Gasteiger partial charge >= 0.3 is 6.18 Å². The molecule has 0 heterocycles. The molecule has 0 radical (unpaired) electrons. The SMILES string of the molecule is CCC[C@H]1CC[C@H]([C@H]2CC[C@H](CCCCc3ccc(C(F)(F)F)cc3)CC2)CC1. The Morgan fingerprint density at radius 2 is 1.24 bits per heavy atom. The van der Waals surface area contributed by atoms with E-state index in [-0.39, 0.29) is 0 Å². The summed E-state index contributed by atoms with van der Waals surface area (Å²) in [6, 6.07) is 5.71. The van der Waals surface area contributed by atoms with Crippen LogP contribution in [0.25, 0.3) is 0 Å². The fourth-order valence-corrected chi connectivity index (χ4v) is 5.93. The number of aryl methyl sites for hydroxylation is 1. The van der Waals surface area contributed by atoms with Crippen LogP contribution in [0.15, 0.2) is 24.3 Å². The first kappa shape index (κ1) is 22.7. The Morgan fingerprint density at radius 3 is 1.72 bits per heavy atom. The second-order valence-electron chi connectivity index (χ2n) is 9.79. The molecule has 0 atom stereocenters. The van der Waals surface area contributed by atoms with Gasteiger partial charge in [0.05, 0.1) is 5.56 Å². The maximum atomic E-state index is 12.6. The monoisotopic (exact) mass is 408 g/mol. The molecule has 1 aromatic carbocycles. The smallest absolute Gasteiger partial charge is 0.166 e. The number of alkyl halides is 3. The van der Waals surface area contributed by atoms with Crippen LogP contribution in [0.1, 0.15) is 102 Å². The highest BCUT2D eigenvalue weighted by Crippen LogP contribution is 2.43. The summed E-state index contributed by atoms with van der Waals surface area (Å²) in [7, 11) is 0. The Balaban J connectivity index is 1.29. The lowest BCUT2D eigenvalue weighted by atomic mass is 9.68. The van der Waals surface area contributed by atoms with Crippen molar-refractivity contribution in [2.75, 3.05) is 0 Å². The van der Waals surface area contributed by atoms with Gasteiger partial charge < -0.3 is 0 Å². The first-order valence-electron chi connectivity index (χ1n) is 12.1. The third-order valence-electron chi connectivity index (χ3n) is 7.76. The third kappa shape index (κ3) is 7.03. The predicted molar refractivity (Wildman–Crippen MR) is 115 cm³/mol. The molecular weight excluding hydrogens is 369 g/mol. The summed E-state index contributed by atoms with van der Waals surface area (Å²) < 4.78 is 37.9. The van der Waals surface area contributed by atoms with Gasteiger partial charge in [-0.1, -0.05) is 70.4 Å². The molecule has 2 fully saturated rings. The van der Waals surface area contributed by atoms with E-state index in [2.05, 4.69) is 6.92 Å². The molecule has 0 N–H and O–H groups in total. The predicted octanol–water partition coefficient (Wildman–Crippen LogP) is 8.83. The van der Waals surface area contributed by atoms with E-state index in [1.165, 1.54) is 89.2 Å². The largest absolute Gasteiger partial charge is 0.416 e. The molecule has 0 amide bonds. The van der Waals surface area contributed by atoms with E-state index >= 15 is 0 Å². The lowest BCUT2D eigenvalue weighted by Gasteiger charge is -2.38. The molecule has 0 aliphatic heterocycles. The molecule has 0 saturated heterocycles. The Bertz CT molecular complexity index is 573. The molecule has 2 aliphatic rings. The number of hydrogen-bond acceptors (Lipinski definition) is 0. The average molecular weight is 409 g/mol. The van der Waals surface area contributed by atoms with Crippen LogP contribution in [0.4, 0.5) is 13.2 Å². The van der Waals surface area contributed by atoms with Crippen molar-refractivity contribution in [3.8, 4) is 0 Å². The lowest BCUT2D eigenvalue weighted by Crippen LogP contribution is -2.25. The molecular formula is C26H39F3. The molecule has 1 aromatic rings. The summed E-state index contributed by atoms with van der Waals surface area (Å²) in [5, 5.41) is 0. The maximum Gasteiger partial charge on any atom is 0.416 e. The van der Waals surface area contributed by atoms with Crippen LogP contribution < -0.4 is 0 Å². The third-order valence-corrected chi connectivity index (χ3v) is 7.76. The van der Waals surface area contributed by atoms with Gasteiger partial charge in [0.25, 0.3) is 0 Å². The van der Waals surface area contributed by atoms with Gasteiger partial charge in [-0.2, -0.15) is 13.2 Å². The Morgan fingerprint density at radius 1 is 0.724 bits per heavy atom. The van der Waals surface area contributed by atoms with Crippen molar-refractivity contribution in [2.24, 2.45) is 23.7 Å². The van der Waals surface area contributed by atoms with Gasteiger partial charge in [0, 0.05) is 0 Å². The van der Waals surface area contributed by atoms with E-state index in [0.29, 0.717) is 0 Å². The molecule has 3 heteroatoms. The van der Waals surface area contributed by atoms with Crippen molar-refractivity contribution in [2.45, 2.75) is 103 Å². The maximum absolute atomic E-state index is 12.6. The molecule has 29 heavy (non-hydrogen) atoms. The van der Waals surface area contributed by atoms with Gasteiger partial charge in [0.1, 0.15) is 0 Å². The van der Waals surface area contributed by atoms with E-state index in [1.54, 1.807) is 12.1 Å². The second-order valence-corrected chi connectivity index (χ2v) is 9.79. The summed E-state index contributed by atoms with van der Waals surface area (Å²) in [5.74, 6) is 3.89. The van der Waals surface area contributed by atoms with E-state index in [1.807, 2.05) is 0 Å². The molecule has 0 nitrogen and oxygen atoms in total. The zero-order valence-electron chi connectivity index (χ0n) is 18.2. The van der Waals surface area contributed by atoms with Crippen LogP contribution in [-0.4, -0.2) is 0 Å². The van der Waals surface area contributed by atoms with Gasteiger partial charge in [-0.3, -0.25) is 0 Å². The van der Waals surface area contributed by atoms with Crippen molar-refractivity contribution >= 4 is 0 Å². The lowest BCUT2D eigenvalue weighted by molar-refractivity contribution is -0.137. The first-order chi connectivity index (χ1) is 14.0. The van der Waals surface area contributed by atoms with Gasteiger partial charge in [-0.05, 0) is 79.9 Å². The quantitative estimate of drug-likeness (QED) is 0.377. The standard InChI is InChI=1S/C26H39F3/c1-2-5-20-8-14-23(15-9-20)24-16-10-21(11-17-24)6-3-4-7-22-12-18-25(19-13-22)26(27,28)29/h12-13,18-21,23-24H,2-11,14-17H2,1H3/t20-,21-,23-,24-. The molecule has 0 bridgehead atoms. The van der Waals surface area contributed by atoms with Crippen molar-refractivity contribution in [1.82, 2.24) is 0 Å². The molecule has 0 unspecified atom stereocenters. The number of rotatable bonds is 8. The molecule has 3 rings (SSSR count). The van der Waals surface area contributed by atoms with Gasteiger partial charge in [0.15, 0.2) is 0 Å².